The molecule has 3 nitrogen and oxygen atoms in total. The van der Waals surface area contributed by atoms with Crippen LogP contribution in [-0.2, 0) is 11.2 Å². The highest BCUT2D eigenvalue weighted by Crippen LogP contribution is 2.32. The van der Waals surface area contributed by atoms with Crippen molar-refractivity contribution in [1.29, 1.82) is 0 Å². The molecule has 1 aliphatic rings. The first-order valence-electron chi connectivity index (χ1n) is 7.75. The molecule has 0 saturated carbocycles. The van der Waals surface area contributed by atoms with E-state index in [4.69, 9.17) is 4.74 Å². The molecule has 0 bridgehead atoms. The van der Waals surface area contributed by atoms with Gasteiger partial charge in [-0.2, -0.15) is 0 Å². The van der Waals surface area contributed by atoms with Gasteiger partial charge < -0.3 is 15.2 Å². The Morgan fingerprint density at radius 3 is 2.90 bits per heavy atom. The lowest BCUT2D eigenvalue weighted by Gasteiger charge is -2.26. The molecule has 0 spiro atoms. The van der Waals surface area contributed by atoms with Crippen LogP contribution >= 0.6 is 0 Å². The lowest BCUT2D eigenvalue weighted by atomic mass is 9.89. The Balaban J connectivity index is 1.77. The average Bonchev–Trinajstić information content (AvgIpc) is 2.44. The number of aliphatic hydroxyl groups is 1. The molecule has 3 heteroatoms. The first-order valence-corrected chi connectivity index (χ1v) is 7.75. The van der Waals surface area contributed by atoms with Gasteiger partial charge in [0.05, 0.1) is 18.8 Å². The molecular weight excluding hydrogens is 250 g/mol. The minimum atomic E-state index is -0.428. The van der Waals surface area contributed by atoms with Crippen LogP contribution in [0, 0.1) is 5.92 Å². The van der Waals surface area contributed by atoms with E-state index in [1.54, 1.807) is 0 Å². The molecule has 0 fully saturated rings. The average molecular weight is 277 g/mol. The maximum atomic E-state index is 9.95. The molecule has 0 heterocycles. The van der Waals surface area contributed by atoms with E-state index < -0.39 is 6.10 Å². The van der Waals surface area contributed by atoms with Crippen LogP contribution in [0.1, 0.15) is 43.9 Å². The third-order valence-electron chi connectivity index (χ3n) is 3.74. The first-order chi connectivity index (χ1) is 9.66. The Kier molecular flexibility index (Phi) is 6.02. The number of nitrogens with one attached hydrogen (secondary N) is 1. The Labute approximate surface area is 122 Å². The largest absolute Gasteiger partial charge is 0.389 e. The van der Waals surface area contributed by atoms with Gasteiger partial charge in [-0.3, -0.25) is 0 Å². The van der Waals surface area contributed by atoms with Crippen molar-refractivity contribution in [3.63, 3.8) is 0 Å². The van der Waals surface area contributed by atoms with Gasteiger partial charge >= 0.3 is 0 Å². The van der Waals surface area contributed by atoms with Gasteiger partial charge in [0.1, 0.15) is 0 Å². The van der Waals surface area contributed by atoms with Gasteiger partial charge in [0.2, 0.25) is 0 Å². The Bertz CT molecular complexity index is 406. The minimum absolute atomic E-state index is 0.152. The van der Waals surface area contributed by atoms with E-state index in [-0.39, 0.29) is 6.10 Å². The second kappa shape index (κ2) is 7.77. The van der Waals surface area contributed by atoms with Gasteiger partial charge in [-0.15, -0.1) is 0 Å². The third-order valence-corrected chi connectivity index (χ3v) is 3.74. The summed E-state index contributed by atoms with van der Waals surface area (Å²) in [6.07, 6.45) is 3.10. The predicted octanol–water partition coefficient (Wildman–Crippen LogP) is 2.69. The molecule has 0 aliphatic heterocycles. The van der Waals surface area contributed by atoms with Crippen molar-refractivity contribution in [2.24, 2.45) is 5.92 Å². The lowest BCUT2D eigenvalue weighted by molar-refractivity contribution is -0.0168. The van der Waals surface area contributed by atoms with Gasteiger partial charge in [0.25, 0.3) is 0 Å². The molecular formula is C17H27NO2. The SMILES string of the molecule is CC(C)CNC[C@@H](O)CO[C@@H]1CCCc2ccccc21. The topological polar surface area (TPSA) is 41.5 Å². The molecule has 2 atom stereocenters. The molecule has 0 unspecified atom stereocenters. The molecule has 112 valence electrons. The van der Waals surface area contributed by atoms with Crippen LogP contribution in [0.3, 0.4) is 0 Å². The van der Waals surface area contributed by atoms with E-state index >= 15 is 0 Å². The predicted molar refractivity (Wildman–Crippen MR) is 81.8 cm³/mol. The summed E-state index contributed by atoms with van der Waals surface area (Å²) < 4.78 is 5.94. The van der Waals surface area contributed by atoms with Crippen LogP contribution in [0.15, 0.2) is 24.3 Å². The van der Waals surface area contributed by atoms with Crippen LogP contribution in [0.4, 0.5) is 0 Å². The Morgan fingerprint density at radius 1 is 1.30 bits per heavy atom. The van der Waals surface area contributed by atoms with E-state index in [2.05, 4.69) is 43.4 Å². The monoisotopic (exact) mass is 277 g/mol. The number of rotatable bonds is 7. The molecule has 1 aliphatic carbocycles. The van der Waals surface area contributed by atoms with Crippen molar-refractivity contribution in [1.82, 2.24) is 5.32 Å². The summed E-state index contributed by atoms with van der Waals surface area (Å²) in [5.41, 5.74) is 2.71. The lowest BCUT2D eigenvalue weighted by Crippen LogP contribution is -2.33. The molecule has 2 N–H and O–H groups in total. The number of benzene rings is 1. The molecule has 2 rings (SSSR count). The normalized spacial score (nSPS) is 19.9. The van der Waals surface area contributed by atoms with E-state index in [1.165, 1.54) is 17.5 Å². The van der Waals surface area contributed by atoms with Crippen LogP contribution < -0.4 is 5.32 Å². The van der Waals surface area contributed by atoms with Crippen molar-refractivity contribution < 1.29 is 9.84 Å². The van der Waals surface area contributed by atoms with Crippen LogP contribution in [0.2, 0.25) is 0 Å². The summed E-state index contributed by atoms with van der Waals surface area (Å²) in [5, 5.41) is 13.2. The van der Waals surface area contributed by atoms with Crippen molar-refractivity contribution in [3.05, 3.63) is 35.4 Å². The third kappa shape index (κ3) is 4.58. The highest BCUT2D eigenvalue weighted by molar-refractivity contribution is 5.31. The van der Waals surface area contributed by atoms with Crippen molar-refractivity contribution in [2.75, 3.05) is 19.7 Å². The molecule has 0 aromatic heterocycles. The smallest absolute Gasteiger partial charge is 0.0897 e. The van der Waals surface area contributed by atoms with Crippen LogP contribution in [0.5, 0.6) is 0 Å². The van der Waals surface area contributed by atoms with E-state index in [9.17, 15) is 5.11 Å². The fourth-order valence-electron chi connectivity index (χ4n) is 2.71. The van der Waals surface area contributed by atoms with Crippen LogP contribution in [0.25, 0.3) is 0 Å². The summed E-state index contributed by atoms with van der Waals surface area (Å²) in [4.78, 5) is 0. The summed E-state index contributed by atoms with van der Waals surface area (Å²) in [6.45, 7) is 6.27. The number of hydrogen-bond donors (Lipinski definition) is 2. The second-order valence-corrected chi connectivity index (χ2v) is 6.12. The first kappa shape index (κ1) is 15.5. The van der Waals surface area contributed by atoms with Gasteiger partial charge in [-0.25, -0.2) is 0 Å². The highest BCUT2D eigenvalue weighted by Gasteiger charge is 2.21. The Morgan fingerprint density at radius 2 is 2.10 bits per heavy atom. The van der Waals surface area contributed by atoms with Crippen molar-refractivity contribution in [3.8, 4) is 0 Å². The zero-order valence-corrected chi connectivity index (χ0v) is 12.6. The second-order valence-electron chi connectivity index (χ2n) is 6.12. The maximum Gasteiger partial charge on any atom is 0.0897 e. The zero-order valence-electron chi connectivity index (χ0n) is 12.6. The summed E-state index contributed by atoms with van der Waals surface area (Å²) in [6, 6.07) is 8.50. The fraction of sp³-hybridized carbons (Fsp3) is 0.647. The summed E-state index contributed by atoms with van der Waals surface area (Å²) >= 11 is 0. The fourth-order valence-corrected chi connectivity index (χ4v) is 2.71. The zero-order chi connectivity index (χ0) is 14.4. The van der Waals surface area contributed by atoms with E-state index in [1.807, 2.05) is 0 Å². The molecule has 0 saturated heterocycles. The highest BCUT2D eigenvalue weighted by atomic mass is 16.5. The molecule has 1 aromatic carbocycles. The van der Waals surface area contributed by atoms with Crippen LogP contribution in [-0.4, -0.2) is 30.9 Å². The number of aliphatic hydroxyl groups excluding tert-OH is 1. The standard InChI is InChI=1S/C17H27NO2/c1-13(2)10-18-11-15(19)12-20-17-9-5-7-14-6-3-4-8-16(14)17/h3-4,6,8,13,15,17-19H,5,7,9-12H2,1-2H3/t15-,17-/m1/s1. The number of fused-ring (bicyclic) bond motifs is 1. The van der Waals surface area contributed by atoms with Crippen molar-refractivity contribution in [2.45, 2.75) is 45.3 Å². The van der Waals surface area contributed by atoms with E-state index in [0.29, 0.717) is 19.1 Å². The van der Waals surface area contributed by atoms with Gasteiger partial charge in [-0.1, -0.05) is 38.1 Å². The van der Waals surface area contributed by atoms with Gasteiger partial charge in [0.15, 0.2) is 0 Å². The summed E-state index contributed by atoms with van der Waals surface area (Å²) in [5.74, 6) is 0.605. The van der Waals surface area contributed by atoms with Crippen molar-refractivity contribution >= 4 is 0 Å². The maximum absolute atomic E-state index is 9.95. The summed E-state index contributed by atoms with van der Waals surface area (Å²) in [7, 11) is 0. The number of aryl methyl sites for hydroxylation is 1. The molecule has 20 heavy (non-hydrogen) atoms. The molecule has 0 radical (unpaired) electrons. The van der Waals surface area contributed by atoms with Gasteiger partial charge in [0, 0.05) is 6.54 Å². The number of hydrogen-bond acceptors (Lipinski definition) is 3. The number of ether oxygens (including phenoxy) is 1. The minimum Gasteiger partial charge on any atom is -0.389 e. The molecule has 1 aromatic rings. The van der Waals surface area contributed by atoms with E-state index in [0.717, 1.165) is 19.4 Å². The Hall–Kier alpha value is -0.900. The van der Waals surface area contributed by atoms with Gasteiger partial charge in [-0.05, 0) is 42.9 Å². The molecule has 0 amide bonds. The quantitative estimate of drug-likeness (QED) is 0.805.